The highest BCUT2D eigenvalue weighted by atomic mass is 35.5. The minimum absolute atomic E-state index is 0.289. The largest absolute Gasteiger partial charge is 0.416 e. The second kappa shape index (κ2) is 11.2. The van der Waals surface area contributed by atoms with E-state index in [1.807, 2.05) is 0 Å². The van der Waals surface area contributed by atoms with Crippen molar-refractivity contribution in [2.75, 3.05) is 0 Å². The molecular formula is C29H40ClF3. The topological polar surface area (TPSA) is 0 Å². The first-order valence-electron chi connectivity index (χ1n) is 13.3. The van der Waals surface area contributed by atoms with Crippen molar-refractivity contribution in [1.29, 1.82) is 0 Å². The quantitative estimate of drug-likeness (QED) is 0.379. The van der Waals surface area contributed by atoms with Crippen molar-refractivity contribution in [3.8, 4) is 0 Å². The van der Waals surface area contributed by atoms with Crippen LogP contribution in [0.25, 0.3) is 0 Å². The van der Waals surface area contributed by atoms with Gasteiger partial charge in [0.25, 0.3) is 0 Å². The average molecular weight is 481 g/mol. The molecule has 0 aromatic heterocycles. The third-order valence-corrected chi connectivity index (χ3v) is 9.49. The molecule has 0 N–H and O–H groups in total. The van der Waals surface area contributed by atoms with Gasteiger partial charge in [0.05, 0.1) is 5.56 Å². The lowest BCUT2D eigenvalue weighted by molar-refractivity contribution is -0.137. The van der Waals surface area contributed by atoms with E-state index in [0.717, 1.165) is 36.2 Å². The molecule has 33 heavy (non-hydrogen) atoms. The highest BCUT2D eigenvalue weighted by molar-refractivity contribution is 6.25. The fourth-order valence-corrected chi connectivity index (χ4v) is 7.41. The van der Waals surface area contributed by atoms with Crippen LogP contribution in [0.4, 0.5) is 13.2 Å². The van der Waals surface area contributed by atoms with Gasteiger partial charge in [-0.3, -0.25) is 0 Å². The lowest BCUT2D eigenvalue weighted by Crippen LogP contribution is -2.30. The zero-order chi connectivity index (χ0) is 23.3. The molecule has 0 amide bonds. The van der Waals surface area contributed by atoms with E-state index < -0.39 is 11.7 Å². The van der Waals surface area contributed by atoms with Crippen LogP contribution in [0.15, 0.2) is 35.9 Å². The summed E-state index contributed by atoms with van der Waals surface area (Å²) in [5.41, 5.74) is 2.58. The Kier molecular flexibility index (Phi) is 8.52. The van der Waals surface area contributed by atoms with Gasteiger partial charge in [-0.2, -0.15) is 13.2 Å². The maximum absolute atomic E-state index is 12.8. The molecular weight excluding hydrogens is 441 g/mol. The van der Waals surface area contributed by atoms with Gasteiger partial charge in [0.2, 0.25) is 0 Å². The van der Waals surface area contributed by atoms with Gasteiger partial charge in [-0.25, -0.2) is 0 Å². The van der Waals surface area contributed by atoms with Crippen LogP contribution in [0.5, 0.6) is 0 Å². The van der Waals surface area contributed by atoms with E-state index >= 15 is 0 Å². The van der Waals surface area contributed by atoms with Crippen molar-refractivity contribution in [1.82, 2.24) is 0 Å². The Balaban J connectivity index is 1.25. The van der Waals surface area contributed by atoms with Crippen LogP contribution in [-0.4, -0.2) is 0 Å². The van der Waals surface area contributed by atoms with Crippen LogP contribution in [0.2, 0.25) is 0 Å². The first kappa shape index (κ1) is 25.1. The van der Waals surface area contributed by atoms with Crippen LogP contribution in [0, 0.1) is 23.2 Å². The molecule has 3 aliphatic rings. The Labute approximate surface area is 203 Å². The standard InChI is InChI=1S/C29H40ClF3/c30-21-20-28(18-15-26(16-19-28)23-4-2-1-3-5-23)17-14-22-6-8-24(9-7-22)25-10-12-27(13-11-25)29(31,32)33/h10-13,20-24,26H,1-9,14-19H2. The van der Waals surface area contributed by atoms with Crippen LogP contribution < -0.4 is 0 Å². The Bertz CT molecular complexity index is 744. The fraction of sp³-hybridized carbons (Fsp3) is 0.724. The number of allylic oxidation sites excluding steroid dienone is 1. The highest BCUT2D eigenvalue weighted by Gasteiger charge is 2.37. The third kappa shape index (κ3) is 6.59. The van der Waals surface area contributed by atoms with Crippen molar-refractivity contribution in [3.05, 3.63) is 47.0 Å². The second-order valence-corrected chi connectivity index (χ2v) is 11.5. The Morgan fingerprint density at radius 3 is 2.00 bits per heavy atom. The summed E-state index contributed by atoms with van der Waals surface area (Å²) in [6.07, 6.45) is 17.6. The zero-order valence-corrected chi connectivity index (χ0v) is 20.6. The molecule has 0 radical (unpaired) electrons. The van der Waals surface area contributed by atoms with Gasteiger partial charge in [-0.1, -0.05) is 61.9 Å². The van der Waals surface area contributed by atoms with E-state index in [4.69, 9.17) is 11.6 Å². The molecule has 0 spiro atoms. The first-order chi connectivity index (χ1) is 15.9. The van der Waals surface area contributed by atoms with Crippen LogP contribution >= 0.6 is 11.6 Å². The maximum atomic E-state index is 12.8. The predicted octanol–water partition coefficient (Wildman–Crippen LogP) is 10.3. The number of rotatable bonds is 6. The zero-order valence-electron chi connectivity index (χ0n) is 19.9. The summed E-state index contributed by atoms with van der Waals surface area (Å²) in [7, 11) is 0. The summed E-state index contributed by atoms with van der Waals surface area (Å²) in [6, 6.07) is 5.87. The third-order valence-electron chi connectivity index (χ3n) is 9.37. The fourth-order valence-electron chi connectivity index (χ4n) is 7.15. The Hall–Kier alpha value is -0.960. The molecule has 1 aromatic carbocycles. The first-order valence-corrected chi connectivity index (χ1v) is 13.8. The number of halogens is 4. The summed E-state index contributed by atoms with van der Waals surface area (Å²) in [6.45, 7) is 0. The molecule has 1 aromatic rings. The summed E-state index contributed by atoms with van der Waals surface area (Å²) in [4.78, 5) is 0. The summed E-state index contributed by atoms with van der Waals surface area (Å²) < 4.78 is 38.5. The molecule has 0 bridgehead atoms. The van der Waals surface area contributed by atoms with E-state index in [0.29, 0.717) is 5.92 Å². The molecule has 0 saturated heterocycles. The van der Waals surface area contributed by atoms with E-state index in [1.54, 1.807) is 17.7 Å². The minimum Gasteiger partial charge on any atom is -0.166 e. The van der Waals surface area contributed by atoms with Crippen molar-refractivity contribution in [3.63, 3.8) is 0 Å². The minimum atomic E-state index is -4.25. The van der Waals surface area contributed by atoms with Crippen LogP contribution in [0.3, 0.4) is 0 Å². The summed E-state index contributed by atoms with van der Waals surface area (Å²) in [5, 5.41) is 0. The van der Waals surface area contributed by atoms with Crippen LogP contribution in [-0.2, 0) is 6.18 Å². The molecule has 4 heteroatoms. The van der Waals surface area contributed by atoms with Crippen LogP contribution in [0.1, 0.15) is 113 Å². The number of hydrogen-bond acceptors (Lipinski definition) is 0. The molecule has 0 heterocycles. The van der Waals surface area contributed by atoms with Gasteiger partial charge >= 0.3 is 6.18 Å². The monoisotopic (exact) mass is 480 g/mol. The van der Waals surface area contributed by atoms with Gasteiger partial charge < -0.3 is 0 Å². The lowest BCUT2D eigenvalue weighted by atomic mass is 9.63. The molecule has 0 atom stereocenters. The van der Waals surface area contributed by atoms with Gasteiger partial charge in [0.15, 0.2) is 0 Å². The predicted molar refractivity (Wildman–Crippen MR) is 131 cm³/mol. The molecule has 0 unspecified atom stereocenters. The lowest BCUT2D eigenvalue weighted by Gasteiger charge is -2.42. The second-order valence-electron chi connectivity index (χ2n) is 11.3. The van der Waals surface area contributed by atoms with Crippen molar-refractivity contribution >= 4 is 11.6 Å². The highest BCUT2D eigenvalue weighted by Crippen LogP contribution is 2.49. The van der Waals surface area contributed by atoms with Crippen molar-refractivity contribution < 1.29 is 13.2 Å². The summed E-state index contributed by atoms with van der Waals surface area (Å²) in [5.74, 6) is 3.05. The van der Waals surface area contributed by atoms with Crippen molar-refractivity contribution in [2.24, 2.45) is 23.2 Å². The van der Waals surface area contributed by atoms with Crippen molar-refractivity contribution in [2.45, 2.75) is 108 Å². The maximum Gasteiger partial charge on any atom is 0.416 e. The van der Waals surface area contributed by atoms with E-state index in [1.165, 1.54) is 95.6 Å². The van der Waals surface area contributed by atoms with E-state index in [9.17, 15) is 13.2 Å². The normalized spacial score (nSPS) is 32.3. The van der Waals surface area contributed by atoms with Gasteiger partial charge in [-0.05, 0) is 111 Å². The molecule has 3 aliphatic carbocycles. The molecule has 0 nitrogen and oxygen atoms in total. The molecule has 4 rings (SSSR count). The van der Waals surface area contributed by atoms with E-state index in [-0.39, 0.29) is 5.41 Å². The number of benzene rings is 1. The molecule has 3 fully saturated rings. The SMILES string of the molecule is FC(F)(F)c1ccc(C2CCC(CCC3(C=CCl)CCC(C4CCCCC4)CC3)CC2)cc1. The number of hydrogen-bond donors (Lipinski definition) is 0. The van der Waals surface area contributed by atoms with Gasteiger partial charge in [-0.15, -0.1) is 0 Å². The number of alkyl halides is 3. The molecule has 3 saturated carbocycles. The average Bonchev–Trinajstić information content (AvgIpc) is 2.84. The smallest absolute Gasteiger partial charge is 0.166 e. The Morgan fingerprint density at radius 2 is 1.42 bits per heavy atom. The van der Waals surface area contributed by atoms with Gasteiger partial charge in [0.1, 0.15) is 0 Å². The molecule has 0 aliphatic heterocycles. The summed E-state index contributed by atoms with van der Waals surface area (Å²) >= 11 is 6.11. The van der Waals surface area contributed by atoms with Gasteiger partial charge in [0, 0.05) is 5.54 Å². The molecule has 184 valence electrons. The Morgan fingerprint density at radius 1 is 0.818 bits per heavy atom. The van der Waals surface area contributed by atoms with E-state index in [2.05, 4.69) is 6.08 Å².